The van der Waals surface area contributed by atoms with Gasteiger partial charge in [0.15, 0.2) is 0 Å². The van der Waals surface area contributed by atoms with Gasteiger partial charge >= 0.3 is 0 Å². The van der Waals surface area contributed by atoms with E-state index in [0.29, 0.717) is 18.2 Å². The fraction of sp³-hybridized carbons (Fsp3) is 0.368. The number of rotatable bonds is 6. The maximum atomic E-state index is 10.6. The number of halogens is 1. The van der Waals surface area contributed by atoms with E-state index in [4.69, 9.17) is 0 Å². The number of aromatic nitrogens is 1. The number of amides is 1. The van der Waals surface area contributed by atoms with Crippen molar-refractivity contribution in [3.63, 3.8) is 0 Å². The molecule has 0 saturated heterocycles. The molecule has 1 fully saturated rings. The zero-order chi connectivity index (χ0) is 16.9. The Kier molecular flexibility index (Phi) is 5.63. The second-order valence-electron chi connectivity index (χ2n) is 6.45. The highest BCUT2D eigenvalue weighted by atomic mass is 79.9. The van der Waals surface area contributed by atoms with Crippen molar-refractivity contribution in [2.24, 2.45) is 11.8 Å². The molecule has 0 radical (unpaired) electrons. The summed E-state index contributed by atoms with van der Waals surface area (Å²) in [7, 11) is 0. The maximum absolute atomic E-state index is 10.6. The van der Waals surface area contributed by atoms with Crippen molar-refractivity contribution in [1.29, 1.82) is 0 Å². The molecule has 3 rings (SSSR count). The summed E-state index contributed by atoms with van der Waals surface area (Å²) in [6, 6.07) is 9.86. The van der Waals surface area contributed by atoms with E-state index < -0.39 is 6.10 Å². The Bertz CT molecular complexity index is 693. The van der Waals surface area contributed by atoms with E-state index in [-0.39, 0.29) is 0 Å². The number of nitrogens with one attached hydrogen (secondary N) is 1. The first-order valence-corrected chi connectivity index (χ1v) is 9.03. The molecule has 0 aliphatic heterocycles. The zero-order valence-electron chi connectivity index (χ0n) is 13.4. The monoisotopic (exact) mass is 388 g/mol. The van der Waals surface area contributed by atoms with Gasteiger partial charge in [-0.05, 0) is 82.8 Å². The number of hydrogen-bond acceptors (Lipinski definition) is 3. The topological polar surface area (TPSA) is 62.2 Å². The van der Waals surface area contributed by atoms with Crippen LogP contribution in [0.25, 0.3) is 0 Å². The molecule has 1 aliphatic rings. The lowest BCUT2D eigenvalue weighted by atomic mass is 9.92. The predicted octanol–water partition coefficient (Wildman–Crippen LogP) is 4.10. The third-order valence-electron chi connectivity index (χ3n) is 4.83. The molecule has 1 saturated carbocycles. The molecular weight excluding hydrogens is 368 g/mol. The van der Waals surface area contributed by atoms with Gasteiger partial charge in [0.2, 0.25) is 6.41 Å². The van der Waals surface area contributed by atoms with E-state index in [1.54, 1.807) is 12.4 Å². The summed E-state index contributed by atoms with van der Waals surface area (Å²) in [5, 5.41) is 13.2. The number of carbonyl (C=O) groups excluding carboxylic acids is 1. The lowest BCUT2D eigenvalue weighted by Crippen LogP contribution is -2.10. The summed E-state index contributed by atoms with van der Waals surface area (Å²) >= 11 is 3.49. The molecular formula is C19H21BrN2O2. The number of nitrogens with zero attached hydrogens (tertiary/aromatic N) is 1. The number of hydrogen-bond donors (Lipinski definition) is 2. The summed E-state index contributed by atoms with van der Waals surface area (Å²) in [6.07, 6.45) is 7.96. The van der Waals surface area contributed by atoms with Crippen LogP contribution in [0.2, 0.25) is 0 Å². The van der Waals surface area contributed by atoms with E-state index in [0.717, 1.165) is 41.4 Å². The highest BCUT2D eigenvalue weighted by Gasteiger charge is 2.30. The molecule has 0 bridgehead atoms. The molecule has 0 spiro atoms. The van der Waals surface area contributed by atoms with Gasteiger partial charge in [-0.1, -0.05) is 12.1 Å². The third-order valence-corrected chi connectivity index (χ3v) is 5.48. The first kappa shape index (κ1) is 17.1. The fourth-order valence-electron chi connectivity index (χ4n) is 3.61. The molecule has 5 heteroatoms. The van der Waals surface area contributed by atoms with Gasteiger partial charge in [-0.3, -0.25) is 9.78 Å². The minimum atomic E-state index is -0.422. The molecule has 1 aliphatic carbocycles. The van der Waals surface area contributed by atoms with Crippen LogP contribution in [0.15, 0.2) is 47.2 Å². The van der Waals surface area contributed by atoms with Gasteiger partial charge in [0.1, 0.15) is 0 Å². The lowest BCUT2D eigenvalue weighted by Gasteiger charge is -2.18. The summed E-state index contributed by atoms with van der Waals surface area (Å²) in [5.41, 5.74) is 2.94. The van der Waals surface area contributed by atoms with E-state index in [2.05, 4.69) is 38.4 Å². The molecule has 126 valence electrons. The van der Waals surface area contributed by atoms with Gasteiger partial charge in [0.05, 0.1) is 11.8 Å². The molecule has 1 unspecified atom stereocenters. The Hall–Kier alpha value is -1.72. The Morgan fingerprint density at radius 1 is 1.38 bits per heavy atom. The van der Waals surface area contributed by atoms with Crippen LogP contribution in [0.4, 0.5) is 5.69 Å². The summed E-state index contributed by atoms with van der Waals surface area (Å²) in [5.74, 6) is 0.886. The Morgan fingerprint density at radius 3 is 2.96 bits per heavy atom. The largest absolute Gasteiger partial charge is 0.388 e. The SMILES string of the molecule is O=CNc1ccc(CC2CC[C@H]([C@H](O)c3cccnc3)C2)cc1Br. The van der Waals surface area contributed by atoms with E-state index >= 15 is 0 Å². The van der Waals surface area contributed by atoms with Crippen molar-refractivity contribution >= 4 is 28.0 Å². The van der Waals surface area contributed by atoms with Crippen LogP contribution in [0.1, 0.15) is 36.5 Å². The molecule has 4 nitrogen and oxygen atoms in total. The molecule has 1 aromatic heterocycles. The molecule has 24 heavy (non-hydrogen) atoms. The van der Waals surface area contributed by atoms with Gasteiger partial charge in [-0.2, -0.15) is 0 Å². The Balaban J connectivity index is 1.60. The van der Waals surface area contributed by atoms with Crippen LogP contribution >= 0.6 is 15.9 Å². The highest BCUT2D eigenvalue weighted by Crippen LogP contribution is 2.40. The van der Waals surface area contributed by atoms with Crippen molar-refractivity contribution in [2.45, 2.75) is 31.8 Å². The van der Waals surface area contributed by atoms with Crippen LogP contribution < -0.4 is 5.32 Å². The van der Waals surface area contributed by atoms with E-state index in [9.17, 15) is 9.90 Å². The van der Waals surface area contributed by atoms with Crippen molar-refractivity contribution in [3.05, 3.63) is 58.3 Å². The Labute approximate surface area is 150 Å². The lowest BCUT2D eigenvalue weighted by molar-refractivity contribution is -0.105. The standard InChI is InChI=1S/C19H21BrN2O2/c20-17-10-14(4-6-18(17)22-12-23)8-13-3-5-15(9-13)19(24)16-2-1-7-21-11-16/h1-2,4,6-7,10-13,15,19,24H,3,5,8-9H2,(H,22,23)/t13?,15-,19-/m0/s1. The zero-order valence-corrected chi connectivity index (χ0v) is 14.9. The number of aliphatic hydroxyl groups is 1. The maximum Gasteiger partial charge on any atom is 0.211 e. The van der Waals surface area contributed by atoms with Gasteiger partial charge < -0.3 is 10.4 Å². The molecule has 2 aromatic rings. The summed E-state index contributed by atoms with van der Waals surface area (Å²) in [6.45, 7) is 0. The highest BCUT2D eigenvalue weighted by molar-refractivity contribution is 9.10. The smallest absolute Gasteiger partial charge is 0.211 e. The molecule has 1 heterocycles. The molecule has 2 N–H and O–H groups in total. The van der Waals surface area contributed by atoms with Crippen molar-refractivity contribution < 1.29 is 9.90 Å². The molecule has 3 atom stereocenters. The minimum absolute atomic E-state index is 0.304. The number of anilines is 1. The van der Waals surface area contributed by atoms with Gasteiger partial charge in [-0.15, -0.1) is 0 Å². The average Bonchev–Trinajstić information content (AvgIpc) is 3.06. The first-order chi connectivity index (χ1) is 11.7. The minimum Gasteiger partial charge on any atom is -0.388 e. The number of carbonyl (C=O) groups is 1. The number of pyridine rings is 1. The summed E-state index contributed by atoms with van der Waals surface area (Å²) in [4.78, 5) is 14.6. The normalized spacial score (nSPS) is 21.4. The summed E-state index contributed by atoms with van der Waals surface area (Å²) < 4.78 is 0.900. The van der Waals surface area contributed by atoms with Crippen LogP contribution in [-0.4, -0.2) is 16.5 Å². The average molecular weight is 389 g/mol. The predicted molar refractivity (Wildman–Crippen MR) is 97.6 cm³/mol. The van der Waals surface area contributed by atoms with Gasteiger partial charge in [0.25, 0.3) is 0 Å². The number of benzene rings is 1. The molecule has 1 aromatic carbocycles. The van der Waals surface area contributed by atoms with Crippen LogP contribution in [0, 0.1) is 11.8 Å². The van der Waals surface area contributed by atoms with Gasteiger partial charge in [0, 0.05) is 16.9 Å². The van der Waals surface area contributed by atoms with Crippen LogP contribution in [0.3, 0.4) is 0 Å². The quantitative estimate of drug-likeness (QED) is 0.732. The fourth-order valence-corrected chi connectivity index (χ4v) is 4.15. The van der Waals surface area contributed by atoms with Crippen molar-refractivity contribution in [1.82, 2.24) is 4.98 Å². The van der Waals surface area contributed by atoms with Crippen molar-refractivity contribution in [3.8, 4) is 0 Å². The first-order valence-electron chi connectivity index (χ1n) is 8.24. The van der Waals surface area contributed by atoms with Crippen LogP contribution in [-0.2, 0) is 11.2 Å². The van der Waals surface area contributed by atoms with E-state index in [1.165, 1.54) is 5.56 Å². The van der Waals surface area contributed by atoms with Crippen molar-refractivity contribution in [2.75, 3.05) is 5.32 Å². The Morgan fingerprint density at radius 2 is 2.25 bits per heavy atom. The molecule has 1 amide bonds. The number of aliphatic hydroxyl groups excluding tert-OH is 1. The third kappa shape index (κ3) is 4.02. The second kappa shape index (κ2) is 7.90. The van der Waals surface area contributed by atoms with E-state index in [1.807, 2.05) is 18.2 Å². The van der Waals surface area contributed by atoms with Crippen LogP contribution in [0.5, 0.6) is 0 Å². The van der Waals surface area contributed by atoms with Gasteiger partial charge in [-0.25, -0.2) is 0 Å². The second-order valence-corrected chi connectivity index (χ2v) is 7.31.